The van der Waals surface area contributed by atoms with Crippen molar-refractivity contribution in [1.29, 1.82) is 0 Å². The fourth-order valence-electron chi connectivity index (χ4n) is 1.27. The lowest BCUT2D eigenvalue weighted by Gasteiger charge is -2.34. The van der Waals surface area contributed by atoms with Crippen molar-refractivity contribution in [3.63, 3.8) is 0 Å². The first kappa shape index (κ1) is 19.2. The maximum absolute atomic E-state index is 13.1. The van der Waals surface area contributed by atoms with E-state index < -0.39 is 47.2 Å². The first-order valence-corrected chi connectivity index (χ1v) is 5.17. The first-order valence-electron chi connectivity index (χ1n) is 5.17. The molecule has 0 fully saturated rings. The zero-order valence-corrected chi connectivity index (χ0v) is 10.2. The van der Waals surface area contributed by atoms with E-state index in [1.165, 1.54) is 0 Å². The predicted octanol–water partition coefficient (Wildman–Crippen LogP) is 4.94. The molecule has 0 amide bonds. The van der Waals surface area contributed by atoms with Gasteiger partial charge in [-0.05, 0) is 0 Å². The summed E-state index contributed by atoms with van der Waals surface area (Å²) in [4.78, 5) is 0. The van der Waals surface area contributed by atoms with Gasteiger partial charge >= 0.3 is 24.1 Å². The number of halogens is 12. The molecule has 0 unspecified atom stereocenters. The van der Waals surface area contributed by atoms with E-state index >= 15 is 0 Å². The third-order valence-electron chi connectivity index (χ3n) is 2.43. The van der Waals surface area contributed by atoms with Gasteiger partial charge in [-0.3, -0.25) is 0 Å². The molecule has 0 saturated carbocycles. The molecule has 1 aromatic rings. The summed E-state index contributed by atoms with van der Waals surface area (Å²) in [6, 6.07) is -6.96. The molecule has 0 spiro atoms. The maximum atomic E-state index is 13.1. The summed E-state index contributed by atoms with van der Waals surface area (Å²) in [6.45, 7) is 0. The van der Waals surface area contributed by atoms with E-state index in [1.54, 1.807) is 0 Å². The van der Waals surface area contributed by atoms with Crippen LogP contribution < -0.4 is 5.32 Å². The Morgan fingerprint density at radius 2 is 1.17 bits per heavy atom. The van der Waals surface area contributed by atoms with Crippen LogP contribution in [0.1, 0.15) is 0 Å². The zero-order chi connectivity index (χ0) is 18.4. The normalized spacial score (nSPS) is 14.1. The number of hydrogen-bond acceptors (Lipinski definition) is 1. The summed E-state index contributed by atoms with van der Waals surface area (Å²) in [5.41, 5.74) is -2.08. The first-order chi connectivity index (χ1) is 10.0. The average Bonchev–Trinajstić information content (AvgIpc) is 2.33. The van der Waals surface area contributed by atoms with Crippen LogP contribution in [0.3, 0.4) is 0 Å². The van der Waals surface area contributed by atoms with Crippen molar-refractivity contribution < 1.29 is 52.7 Å². The molecule has 0 aliphatic heterocycles. The molecular weight excluding hydrogens is 362 g/mol. The van der Waals surface area contributed by atoms with Gasteiger partial charge in [0.25, 0.3) is 0 Å². The van der Waals surface area contributed by atoms with E-state index in [2.05, 4.69) is 0 Å². The van der Waals surface area contributed by atoms with Crippen LogP contribution in [0.2, 0.25) is 0 Å². The van der Waals surface area contributed by atoms with Gasteiger partial charge in [0.15, 0.2) is 11.6 Å². The van der Waals surface area contributed by atoms with Crippen LogP contribution in [0.5, 0.6) is 0 Å². The van der Waals surface area contributed by atoms with E-state index in [1.807, 2.05) is 0 Å². The second-order valence-corrected chi connectivity index (χ2v) is 4.10. The predicted molar refractivity (Wildman–Crippen MR) is 50.8 cm³/mol. The van der Waals surface area contributed by atoms with Crippen molar-refractivity contribution in [2.45, 2.75) is 24.1 Å². The van der Waals surface area contributed by atoms with Crippen LogP contribution in [0, 0.1) is 17.5 Å². The molecule has 13 heteroatoms. The maximum Gasteiger partial charge on any atom is 0.460 e. The summed E-state index contributed by atoms with van der Waals surface area (Å²) in [6.07, 6.45) is -7.08. The van der Waals surface area contributed by atoms with Gasteiger partial charge < -0.3 is 5.32 Å². The molecule has 0 heterocycles. The lowest BCUT2D eigenvalue weighted by Crippen LogP contribution is -2.63. The lowest BCUT2D eigenvalue weighted by atomic mass is 10.1. The molecule has 132 valence electrons. The van der Waals surface area contributed by atoms with Crippen LogP contribution in [-0.4, -0.2) is 24.1 Å². The third kappa shape index (κ3) is 3.13. The molecule has 1 N–H and O–H groups in total. The summed E-state index contributed by atoms with van der Waals surface area (Å²) < 4.78 is 151. The fraction of sp³-hybridized carbons (Fsp3) is 0.400. The highest BCUT2D eigenvalue weighted by molar-refractivity contribution is 5.47. The van der Waals surface area contributed by atoms with Crippen molar-refractivity contribution >= 4 is 5.69 Å². The number of anilines is 1. The lowest BCUT2D eigenvalue weighted by molar-refractivity contribution is -0.391. The van der Waals surface area contributed by atoms with Gasteiger partial charge in [-0.15, -0.1) is 0 Å². The van der Waals surface area contributed by atoms with Crippen molar-refractivity contribution in [1.82, 2.24) is 0 Å². The average molecular weight is 365 g/mol. The van der Waals surface area contributed by atoms with Gasteiger partial charge in [0.1, 0.15) is 5.82 Å². The number of rotatable bonds is 4. The molecule has 0 aliphatic rings. The SMILES string of the molecule is Fc1cc(F)c(F)c(NC(F)(F)C(F)(F)C(F)(F)C(F)(F)F)c1. The molecule has 23 heavy (non-hydrogen) atoms. The molecule has 1 nitrogen and oxygen atoms in total. The van der Waals surface area contributed by atoms with Crippen LogP contribution in [0.4, 0.5) is 58.4 Å². The van der Waals surface area contributed by atoms with Gasteiger partial charge in [-0.2, -0.15) is 39.5 Å². The van der Waals surface area contributed by atoms with Crippen LogP contribution >= 0.6 is 0 Å². The van der Waals surface area contributed by atoms with Crippen LogP contribution in [0.25, 0.3) is 0 Å². The summed E-state index contributed by atoms with van der Waals surface area (Å²) in [7, 11) is 0. The Morgan fingerprint density at radius 3 is 1.61 bits per heavy atom. The quantitative estimate of drug-likeness (QED) is 0.453. The third-order valence-corrected chi connectivity index (χ3v) is 2.43. The van der Waals surface area contributed by atoms with Gasteiger partial charge in [0.2, 0.25) is 0 Å². The van der Waals surface area contributed by atoms with E-state index in [0.29, 0.717) is 0 Å². The highest BCUT2D eigenvalue weighted by Crippen LogP contribution is 2.53. The van der Waals surface area contributed by atoms with Crippen molar-refractivity contribution in [2.24, 2.45) is 0 Å². The van der Waals surface area contributed by atoms with Crippen LogP contribution in [0.15, 0.2) is 12.1 Å². The molecule has 0 atom stereocenters. The van der Waals surface area contributed by atoms with Crippen molar-refractivity contribution in [3.8, 4) is 0 Å². The summed E-state index contributed by atoms with van der Waals surface area (Å²) >= 11 is 0. The molecule has 0 aliphatic carbocycles. The monoisotopic (exact) mass is 365 g/mol. The van der Waals surface area contributed by atoms with Gasteiger partial charge in [-0.25, -0.2) is 13.2 Å². The summed E-state index contributed by atoms with van der Waals surface area (Å²) in [5, 5.41) is -0.0316. The second kappa shape index (κ2) is 5.37. The number of alkyl halides is 9. The Bertz CT molecular complexity index is 590. The Balaban J connectivity index is 3.32. The fourth-order valence-corrected chi connectivity index (χ4v) is 1.27. The second-order valence-electron chi connectivity index (χ2n) is 4.10. The molecule has 0 aromatic heterocycles. The Labute approximate surface area is 118 Å². The largest absolute Gasteiger partial charge is 0.460 e. The summed E-state index contributed by atoms with van der Waals surface area (Å²) in [5.74, 6) is -20.7. The molecule has 0 bridgehead atoms. The molecule has 1 aromatic carbocycles. The van der Waals surface area contributed by atoms with Crippen molar-refractivity contribution in [2.75, 3.05) is 5.32 Å². The van der Waals surface area contributed by atoms with Crippen molar-refractivity contribution in [3.05, 3.63) is 29.6 Å². The van der Waals surface area contributed by atoms with Gasteiger partial charge in [-0.1, -0.05) is 0 Å². The minimum Gasteiger partial charge on any atom is -0.319 e. The van der Waals surface area contributed by atoms with E-state index in [9.17, 15) is 52.7 Å². The highest BCUT2D eigenvalue weighted by atomic mass is 19.4. The molecule has 0 saturated heterocycles. The van der Waals surface area contributed by atoms with Gasteiger partial charge in [0.05, 0.1) is 5.69 Å². The molecule has 1 rings (SSSR count). The smallest absolute Gasteiger partial charge is 0.319 e. The minimum absolute atomic E-state index is 0.0316. The number of hydrogen-bond donors (Lipinski definition) is 1. The Morgan fingerprint density at radius 1 is 0.696 bits per heavy atom. The van der Waals surface area contributed by atoms with Crippen LogP contribution in [-0.2, 0) is 0 Å². The highest BCUT2D eigenvalue weighted by Gasteiger charge is 2.82. The number of benzene rings is 1. The number of nitrogens with one attached hydrogen (secondary N) is 1. The molecular formula is C10H3F12N. The van der Waals surface area contributed by atoms with Gasteiger partial charge in [0, 0.05) is 12.1 Å². The van der Waals surface area contributed by atoms with E-state index in [4.69, 9.17) is 0 Å². The minimum atomic E-state index is -7.22. The Hall–Kier alpha value is -1.82. The zero-order valence-electron chi connectivity index (χ0n) is 10.2. The topological polar surface area (TPSA) is 12.0 Å². The van der Waals surface area contributed by atoms with E-state index in [0.717, 1.165) is 0 Å². The standard InChI is InChI=1S/C10H3F12N/c11-3-1-4(12)6(13)5(2-3)23-10(21,22)8(16,17)7(14,15)9(18,19)20/h1-2,23H. The van der Waals surface area contributed by atoms with E-state index in [-0.39, 0.29) is 17.4 Å². The Kier molecular flexibility index (Phi) is 4.49. The molecule has 0 radical (unpaired) electrons.